The fourth-order valence-electron chi connectivity index (χ4n) is 1.95. The monoisotopic (exact) mass is 241 g/mol. The molecule has 1 heterocycles. The lowest BCUT2D eigenvalue weighted by molar-refractivity contribution is -0.137. The highest BCUT2D eigenvalue weighted by molar-refractivity contribution is 5.85. The zero-order valence-electron chi connectivity index (χ0n) is 11.0. The molecule has 1 atom stereocenters. The average Bonchev–Trinajstić information content (AvgIpc) is 2.53. The van der Waals surface area contributed by atoms with Crippen molar-refractivity contribution in [2.24, 2.45) is 5.73 Å². The minimum atomic E-state index is -0.786. The molecule has 0 saturated carbocycles. The summed E-state index contributed by atoms with van der Waals surface area (Å²) in [4.78, 5) is 27.0. The van der Waals surface area contributed by atoms with Gasteiger partial charge in [-0.3, -0.25) is 9.59 Å². The second kappa shape index (κ2) is 5.49. The number of nitrogens with two attached hydrogens (primary N) is 1. The Morgan fingerprint density at radius 3 is 2.24 bits per heavy atom. The molecule has 98 valence electrons. The lowest BCUT2D eigenvalue weighted by atomic mass is 9.98. The van der Waals surface area contributed by atoms with Crippen LogP contribution in [0.4, 0.5) is 0 Å². The zero-order chi connectivity index (χ0) is 13.1. The van der Waals surface area contributed by atoms with E-state index in [1.54, 1.807) is 23.6 Å². The lowest BCUT2D eigenvalue weighted by Crippen LogP contribution is -2.53. The molecule has 17 heavy (non-hydrogen) atoms. The van der Waals surface area contributed by atoms with Crippen molar-refractivity contribution in [1.29, 1.82) is 0 Å². The highest BCUT2D eigenvalue weighted by atomic mass is 16.2. The number of rotatable bonds is 2. The number of carbonyl (C=O) groups excluding carboxylic acids is 2. The molecule has 0 aliphatic carbocycles. The molecule has 1 aliphatic heterocycles. The van der Waals surface area contributed by atoms with Crippen LogP contribution in [0.5, 0.6) is 0 Å². The Morgan fingerprint density at radius 1 is 1.18 bits per heavy atom. The van der Waals surface area contributed by atoms with E-state index in [1.807, 2.05) is 6.92 Å². The fourth-order valence-corrected chi connectivity index (χ4v) is 1.95. The SMILES string of the molecule is CCC(C)(N)C(=O)N1CCCN(C(C)=O)CC1. The maximum atomic E-state index is 12.2. The number of hydrogen-bond donors (Lipinski definition) is 1. The molecule has 2 N–H and O–H groups in total. The molecule has 0 aromatic carbocycles. The van der Waals surface area contributed by atoms with Crippen molar-refractivity contribution < 1.29 is 9.59 Å². The van der Waals surface area contributed by atoms with Crippen molar-refractivity contribution in [3.05, 3.63) is 0 Å². The first kappa shape index (κ1) is 14.0. The zero-order valence-corrected chi connectivity index (χ0v) is 11.0. The van der Waals surface area contributed by atoms with E-state index in [1.165, 1.54) is 0 Å². The number of hydrogen-bond acceptors (Lipinski definition) is 3. The Kier molecular flexibility index (Phi) is 4.51. The Hall–Kier alpha value is -1.10. The normalized spacial score (nSPS) is 20.7. The predicted octanol–water partition coefficient (Wildman–Crippen LogP) is 0.195. The van der Waals surface area contributed by atoms with Gasteiger partial charge in [-0.15, -0.1) is 0 Å². The molecular weight excluding hydrogens is 218 g/mol. The van der Waals surface area contributed by atoms with Gasteiger partial charge in [0.05, 0.1) is 5.54 Å². The molecule has 5 nitrogen and oxygen atoms in total. The third kappa shape index (κ3) is 3.43. The van der Waals surface area contributed by atoms with Crippen LogP contribution in [0.2, 0.25) is 0 Å². The average molecular weight is 241 g/mol. The molecule has 0 spiro atoms. The van der Waals surface area contributed by atoms with Gasteiger partial charge in [-0.1, -0.05) is 6.92 Å². The van der Waals surface area contributed by atoms with Crippen molar-refractivity contribution in [3.8, 4) is 0 Å². The first-order valence-corrected chi connectivity index (χ1v) is 6.22. The first-order valence-electron chi connectivity index (χ1n) is 6.22. The third-order valence-electron chi connectivity index (χ3n) is 3.45. The predicted molar refractivity (Wildman–Crippen MR) is 66.3 cm³/mol. The van der Waals surface area contributed by atoms with Crippen molar-refractivity contribution in [2.45, 2.75) is 39.2 Å². The molecule has 0 aromatic rings. The van der Waals surface area contributed by atoms with Gasteiger partial charge in [0.1, 0.15) is 0 Å². The van der Waals surface area contributed by atoms with E-state index < -0.39 is 5.54 Å². The van der Waals surface area contributed by atoms with Crippen LogP contribution in [-0.2, 0) is 9.59 Å². The van der Waals surface area contributed by atoms with Crippen molar-refractivity contribution in [3.63, 3.8) is 0 Å². The van der Waals surface area contributed by atoms with Gasteiger partial charge in [0, 0.05) is 33.1 Å². The van der Waals surface area contributed by atoms with E-state index in [9.17, 15) is 9.59 Å². The standard InChI is InChI=1S/C12H23N3O2/c1-4-12(3,13)11(17)15-7-5-6-14(8-9-15)10(2)16/h4-9,13H2,1-3H3. The third-order valence-corrected chi connectivity index (χ3v) is 3.45. The largest absolute Gasteiger partial charge is 0.341 e. The molecule has 0 bridgehead atoms. The molecule has 1 rings (SSSR count). The summed E-state index contributed by atoms with van der Waals surface area (Å²) in [5.74, 6) is 0.0655. The van der Waals surface area contributed by atoms with Crippen LogP contribution >= 0.6 is 0 Å². The van der Waals surface area contributed by atoms with Gasteiger partial charge in [-0.05, 0) is 19.8 Å². The van der Waals surface area contributed by atoms with Gasteiger partial charge < -0.3 is 15.5 Å². The molecule has 5 heteroatoms. The number of carbonyl (C=O) groups is 2. The molecule has 1 saturated heterocycles. The van der Waals surface area contributed by atoms with Crippen LogP contribution in [0.3, 0.4) is 0 Å². The van der Waals surface area contributed by atoms with E-state index in [0.717, 1.165) is 13.0 Å². The van der Waals surface area contributed by atoms with Crippen LogP contribution in [0.25, 0.3) is 0 Å². The quantitative estimate of drug-likeness (QED) is 0.750. The lowest BCUT2D eigenvalue weighted by Gasteiger charge is -2.30. The molecule has 1 unspecified atom stereocenters. The first-order chi connectivity index (χ1) is 7.88. The van der Waals surface area contributed by atoms with Crippen LogP contribution in [-0.4, -0.2) is 53.3 Å². The van der Waals surface area contributed by atoms with Gasteiger partial charge in [-0.25, -0.2) is 0 Å². The topological polar surface area (TPSA) is 66.6 Å². The van der Waals surface area contributed by atoms with Gasteiger partial charge >= 0.3 is 0 Å². The van der Waals surface area contributed by atoms with Crippen molar-refractivity contribution in [2.75, 3.05) is 26.2 Å². The molecule has 1 aliphatic rings. The highest BCUT2D eigenvalue weighted by Crippen LogP contribution is 2.12. The second-order valence-electron chi connectivity index (χ2n) is 4.92. The van der Waals surface area contributed by atoms with E-state index in [-0.39, 0.29) is 11.8 Å². The van der Waals surface area contributed by atoms with E-state index >= 15 is 0 Å². The van der Waals surface area contributed by atoms with Crippen LogP contribution in [0.1, 0.15) is 33.6 Å². The second-order valence-corrected chi connectivity index (χ2v) is 4.92. The Labute approximate surface area is 103 Å². The van der Waals surface area contributed by atoms with Crippen molar-refractivity contribution in [1.82, 2.24) is 9.80 Å². The van der Waals surface area contributed by atoms with Gasteiger partial charge in [0.25, 0.3) is 0 Å². The summed E-state index contributed by atoms with van der Waals surface area (Å²) in [5.41, 5.74) is 5.18. The van der Waals surface area contributed by atoms with E-state index in [4.69, 9.17) is 5.73 Å². The van der Waals surface area contributed by atoms with Gasteiger partial charge in [-0.2, -0.15) is 0 Å². The van der Waals surface area contributed by atoms with Gasteiger partial charge in [0.2, 0.25) is 11.8 Å². The Balaban J connectivity index is 2.63. The van der Waals surface area contributed by atoms with Crippen LogP contribution in [0.15, 0.2) is 0 Å². The summed E-state index contributed by atoms with van der Waals surface area (Å²) >= 11 is 0. The minimum Gasteiger partial charge on any atom is -0.341 e. The fraction of sp³-hybridized carbons (Fsp3) is 0.833. The van der Waals surface area contributed by atoms with Crippen LogP contribution < -0.4 is 5.73 Å². The molecule has 2 amide bonds. The molecule has 0 aromatic heterocycles. The summed E-state index contributed by atoms with van der Waals surface area (Å²) < 4.78 is 0. The summed E-state index contributed by atoms with van der Waals surface area (Å²) in [6.07, 6.45) is 1.45. The Bertz CT molecular complexity index is 302. The molecule has 1 fully saturated rings. The van der Waals surface area contributed by atoms with Crippen molar-refractivity contribution >= 4 is 11.8 Å². The molecule has 0 radical (unpaired) electrons. The minimum absolute atomic E-state index is 0.00889. The summed E-state index contributed by atoms with van der Waals surface area (Å²) in [5, 5.41) is 0. The number of nitrogens with zero attached hydrogens (tertiary/aromatic N) is 2. The summed E-state index contributed by atoms with van der Waals surface area (Å²) in [7, 11) is 0. The highest BCUT2D eigenvalue weighted by Gasteiger charge is 2.31. The Morgan fingerprint density at radius 2 is 1.71 bits per heavy atom. The smallest absolute Gasteiger partial charge is 0.242 e. The van der Waals surface area contributed by atoms with Crippen LogP contribution in [0, 0.1) is 0 Å². The number of amides is 2. The maximum Gasteiger partial charge on any atom is 0.242 e. The summed E-state index contributed by atoms with van der Waals surface area (Å²) in [6.45, 7) is 7.87. The van der Waals surface area contributed by atoms with E-state index in [0.29, 0.717) is 26.1 Å². The summed E-state index contributed by atoms with van der Waals surface area (Å²) in [6, 6.07) is 0. The maximum absolute atomic E-state index is 12.2. The van der Waals surface area contributed by atoms with E-state index in [2.05, 4.69) is 0 Å². The molecular formula is C12H23N3O2. The van der Waals surface area contributed by atoms with Gasteiger partial charge in [0.15, 0.2) is 0 Å².